The monoisotopic (exact) mass is 238 g/mol. The summed E-state index contributed by atoms with van der Waals surface area (Å²) in [5.74, 6) is 0.913. The van der Waals surface area contributed by atoms with Gasteiger partial charge in [-0.2, -0.15) is 0 Å². The lowest BCUT2D eigenvalue weighted by Crippen LogP contribution is -2.41. The predicted molar refractivity (Wildman–Crippen MR) is 74.3 cm³/mol. The Kier molecular flexibility index (Phi) is 5.30. The first-order chi connectivity index (χ1) is 8.31. The summed E-state index contributed by atoms with van der Waals surface area (Å²) in [6.45, 7) is 8.57. The van der Waals surface area contributed by atoms with Crippen LogP contribution >= 0.6 is 0 Å². The highest BCUT2D eigenvalue weighted by molar-refractivity contribution is 4.83. The van der Waals surface area contributed by atoms with Crippen molar-refractivity contribution < 1.29 is 0 Å². The van der Waals surface area contributed by atoms with Gasteiger partial charge in [0.05, 0.1) is 0 Å². The molecule has 2 heteroatoms. The summed E-state index contributed by atoms with van der Waals surface area (Å²) in [5.41, 5.74) is 0. The standard InChI is InChI=1S/C15H30N2/c1-3-14-9-11-17(12-10-16-14)15-8-6-4-5-7-13(15)2/h13-16H,3-12H2,1-2H3. The SMILES string of the molecule is CCC1CCN(C2CCCCCC2C)CCN1. The van der Waals surface area contributed by atoms with Crippen LogP contribution in [-0.2, 0) is 0 Å². The molecule has 1 heterocycles. The van der Waals surface area contributed by atoms with E-state index in [0.29, 0.717) is 0 Å². The Labute approximate surface area is 107 Å². The fourth-order valence-electron chi connectivity index (χ4n) is 3.64. The van der Waals surface area contributed by atoms with E-state index in [1.165, 1.54) is 64.6 Å². The van der Waals surface area contributed by atoms with E-state index >= 15 is 0 Å². The molecule has 2 rings (SSSR count). The second-order valence-electron chi connectivity index (χ2n) is 6.07. The van der Waals surface area contributed by atoms with Crippen molar-refractivity contribution in [1.82, 2.24) is 10.2 Å². The number of hydrogen-bond acceptors (Lipinski definition) is 2. The molecular formula is C15H30N2. The number of rotatable bonds is 2. The van der Waals surface area contributed by atoms with Gasteiger partial charge >= 0.3 is 0 Å². The van der Waals surface area contributed by atoms with E-state index in [1.54, 1.807) is 0 Å². The zero-order chi connectivity index (χ0) is 12.1. The lowest BCUT2D eigenvalue weighted by Gasteiger charge is -2.33. The normalized spacial score (nSPS) is 37.4. The maximum Gasteiger partial charge on any atom is 0.0121 e. The van der Waals surface area contributed by atoms with Crippen LogP contribution in [0, 0.1) is 5.92 Å². The first-order valence-electron chi connectivity index (χ1n) is 7.78. The van der Waals surface area contributed by atoms with Crippen LogP contribution in [-0.4, -0.2) is 36.6 Å². The van der Waals surface area contributed by atoms with E-state index < -0.39 is 0 Å². The first-order valence-corrected chi connectivity index (χ1v) is 7.78. The minimum atomic E-state index is 0.765. The Morgan fingerprint density at radius 2 is 1.88 bits per heavy atom. The molecule has 0 bridgehead atoms. The molecular weight excluding hydrogens is 208 g/mol. The third-order valence-corrected chi connectivity index (χ3v) is 4.87. The Hall–Kier alpha value is -0.0800. The van der Waals surface area contributed by atoms with Crippen molar-refractivity contribution in [2.45, 2.75) is 70.9 Å². The highest BCUT2D eigenvalue weighted by Gasteiger charge is 2.27. The fourth-order valence-corrected chi connectivity index (χ4v) is 3.64. The zero-order valence-electron chi connectivity index (χ0n) is 11.8. The molecule has 2 aliphatic rings. The lowest BCUT2D eigenvalue weighted by molar-refractivity contribution is 0.148. The Balaban J connectivity index is 1.91. The van der Waals surface area contributed by atoms with Gasteiger partial charge in [-0.15, -0.1) is 0 Å². The van der Waals surface area contributed by atoms with Crippen molar-refractivity contribution >= 4 is 0 Å². The topological polar surface area (TPSA) is 15.3 Å². The van der Waals surface area contributed by atoms with E-state index in [-0.39, 0.29) is 0 Å². The average Bonchev–Trinajstić information content (AvgIpc) is 2.68. The summed E-state index contributed by atoms with van der Waals surface area (Å²) in [6.07, 6.45) is 9.90. The average molecular weight is 238 g/mol. The maximum atomic E-state index is 3.69. The van der Waals surface area contributed by atoms with Crippen LogP contribution in [0.1, 0.15) is 58.8 Å². The quantitative estimate of drug-likeness (QED) is 0.744. The van der Waals surface area contributed by atoms with Crippen LogP contribution in [0.15, 0.2) is 0 Å². The van der Waals surface area contributed by atoms with Gasteiger partial charge in [0.2, 0.25) is 0 Å². The van der Waals surface area contributed by atoms with Crippen LogP contribution in [0.5, 0.6) is 0 Å². The van der Waals surface area contributed by atoms with Crippen molar-refractivity contribution in [2.24, 2.45) is 5.92 Å². The zero-order valence-corrected chi connectivity index (χ0v) is 11.8. The molecule has 0 aromatic rings. The smallest absolute Gasteiger partial charge is 0.0121 e. The molecule has 1 saturated heterocycles. The summed E-state index contributed by atoms with van der Waals surface area (Å²) in [4.78, 5) is 2.79. The molecule has 0 aromatic carbocycles. The summed E-state index contributed by atoms with van der Waals surface area (Å²) in [7, 11) is 0. The lowest BCUT2D eigenvalue weighted by atomic mass is 9.95. The van der Waals surface area contributed by atoms with Crippen LogP contribution in [0.25, 0.3) is 0 Å². The maximum absolute atomic E-state index is 3.69. The van der Waals surface area contributed by atoms with Crippen LogP contribution in [0.4, 0.5) is 0 Å². The van der Waals surface area contributed by atoms with E-state index in [4.69, 9.17) is 0 Å². The second kappa shape index (κ2) is 6.75. The van der Waals surface area contributed by atoms with Gasteiger partial charge in [0.15, 0.2) is 0 Å². The van der Waals surface area contributed by atoms with Crippen molar-refractivity contribution in [1.29, 1.82) is 0 Å². The molecule has 1 aliphatic heterocycles. The summed E-state index contributed by atoms with van der Waals surface area (Å²) < 4.78 is 0. The van der Waals surface area contributed by atoms with E-state index in [9.17, 15) is 0 Å². The van der Waals surface area contributed by atoms with Crippen molar-refractivity contribution in [2.75, 3.05) is 19.6 Å². The second-order valence-corrected chi connectivity index (χ2v) is 6.07. The minimum absolute atomic E-state index is 0.765. The molecule has 0 radical (unpaired) electrons. The van der Waals surface area contributed by atoms with Gasteiger partial charge in [0.25, 0.3) is 0 Å². The number of nitrogens with one attached hydrogen (secondary N) is 1. The van der Waals surface area contributed by atoms with Crippen LogP contribution in [0.2, 0.25) is 0 Å². The van der Waals surface area contributed by atoms with E-state index in [1.807, 2.05) is 0 Å². The van der Waals surface area contributed by atoms with Gasteiger partial charge in [-0.1, -0.05) is 33.1 Å². The van der Waals surface area contributed by atoms with Gasteiger partial charge in [-0.3, -0.25) is 4.90 Å². The van der Waals surface area contributed by atoms with Crippen molar-refractivity contribution in [3.8, 4) is 0 Å². The third kappa shape index (κ3) is 3.69. The van der Waals surface area contributed by atoms with Gasteiger partial charge in [0.1, 0.15) is 0 Å². The molecule has 3 atom stereocenters. The third-order valence-electron chi connectivity index (χ3n) is 4.87. The Morgan fingerprint density at radius 3 is 2.71 bits per heavy atom. The van der Waals surface area contributed by atoms with E-state index in [2.05, 4.69) is 24.1 Å². The van der Waals surface area contributed by atoms with Crippen molar-refractivity contribution in [3.05, 3.63) is 0 Å². The molecule has 0 spiro atoms. The fraction of sp³-hybridized carbons (Fsp3) is 1.00. The largest absolute Gasteiger partial charge is 0.313 e. The highest BCUT2D eigenvalue weighted by Crippen LogP contribution is 2.27. The van der Waals surface area contributed by atoms with Gasteiger partial charge < -0.3 is 5.32 Å². The first kappa shape index (κ1) is 13.4. The van der Waals surface area contributed by atoms with E-state index in [0.717, 1.165) is 18.0 Å². The predicted octanol–water partition coefficient (Wildman–Crippen LogP) is 3.03. The Morgan fingerprint density at radius 1 is 1.06 bits per heavy atom. The highest BCUT2D eigenvalue weighted by atomic mass is 15.2. The molecule has 2 fully saturated rings. The Bertz CT molecular complexity index is 217. The number of hydrogen-bond donors (Lipinski definition) is 1. The summed E-state index contributed by atoms with van der Waals surface area (Å²) >= 11 is 0. The summed E-state index contributed by atoms with van der Waals surface area (Å²) in [5, 5.41) is 3.69. The van der Waals surface area contributed by atoms with Gasteiger partial charge in [-0.25, -0.2) is 0 Å². The molecule has 0 amide bonds. The molecule has 1 aliphatic carbocycles. The van der Waals surface area contributed by atoms with Crippen LogP contribution < -0.4 is 5.32 Å². The molecule has 17 heavy (non-hydrogen) atoms. The summed E-state index contributed by atoms with van der Waals surface area (Å²) in [6, 6.07) is 1.64. The van der Waals surface area contributed by atoms with Crippen molar-refractivity contribution in [3.63, 3.8) is 0 Å². The van der Waals surface area contributed by atoms with Crippen LogP contribution in [0.3, 0.4) is 0 Å². The molecule has 1 saturated carbocycles. The molecule has 100 valence electrons. The number of nitrogens with zero attached hydrogens (tertiary/aromatic N) is 1. The molecule has 3 unspecified atom stereocenters. The minimum Gasteiger partial charge on any atom is -0.313 e. The van der Waals surface area contributed by atoms with Gasteiger partial charge in [0, 0.05) is 25.2 Å². The van der Waals surface area contributed by atoms with Gasteiger partial charge in [-0.05, 0) is 38.1 Å². The molecule has 1 N–H and O–H groups in total. The molecule has 2 nitrogen and oxygen atoms in total. The molecule has 0 aromatic heterocycles.